The number of rotatable bonds is 3. The van der Waals surface area contributed by atoms with Gasteiger partial charge in [-0.05, 0) is 12.1 Å². The van der Waals surface area contributed by atoms with Gasteiger partial charge in [-0.25, -0.2) is 4.98 Å². The predicted molar refractivity (Wildman–Crippen MR) is 100.0 cm³/mol. The molecular weight excluding hydrogens is 330 g/mol. The van der Waals surface area contributed by atoms with Crippen LogP contribution in [0.5, 0.6) is 0 Å². The van der Waals surface area contributed by atoms with Crippen molar-refractivity contribution in [3.05, 3.63) is 42.2 Å². The number of anilines is 1. The second-order valence-electron chi connectivity index (χ2n) is 6.54. The lowest BCUT2D eigenvalue weighted by Crippen LogP contribution is -2.50. The molecule has 0 saturated carbocycles. The first-order chi connectivity index (χ1) is 12.5. The summed E-state index contributed by atoms with van der Waals surface area (Å²) >= 11 is 0. The Bertz CT molecular complexity index is 813. The van der Waals surface area contributed by atoms with Crippen LogP contribution in [0.2, 0.25) is 0 Å². The maximum absolute atomic E-state index is 12.8. The topological polar surface area (TPSA) is 69.6 Å². The molecule has 3 rings (SSSR count). The number of hydrogen-bond acceptors (Lipinski definition) is 5. The summed E-state index contributed by atoms with van der Waals surface area (Å²) in [5.74, 6) is 0.796. The Hall–Kier alpha value is -2.96. The molecule has 0 bridgehead atoms. The smallest absolute Gasteiger partial charge is 0.253 e. The highest BCUT2D eigenvalue weighted by atomic mass is 16.2. The molecule has 0 radical (unpaired) electrons. The Morgan fingerprint density at radius 3 is 2.38 bits per heavy atom. The van der Waals surface area contributed by atoms with Crippen LogP contribution in [0.3, 0.4) is 0 Å². The predicted octanol–water partition coefficient (Wildman–Crippen LogP) is 1.51. The van der Waals surface area contributed by atoms with Crippen LogP contribution in [0, 0.1) is 0 Å². The number of aromatic nitrogens is 2. The number of carbonyl (C=O) groups excluding carboxylic acids is 2. The molecule has 0 unspecified atom stereocenters. The molecule has 1 aromatic heterocycles. The van der Waals surface area contributed by atoms with Crippen molar-refractivity contribution < 1.29 is 9.59 Å². The Morgan fingerprint density at radius 2 is 1.73 bits per heavy atom. The summed E-state index contributed by atoms with van der Waals surface area (Å²) in [4.78, 5) is 38.5. The largest absolute Gasteiger partial charge is 0.361 e. The quantitative estimate of drug-likeness (QED) is 0.837. The molecule has 0 N–H and O–H groups in total. The third-order valence-corrected chi connectivity index (χ3v) is 4.50. The normalized spacial score (nSPS) is 14.3. The van der Waals surface area contributed by atoms with Crippen LogP contribution in [-0.4, -0.2) is 71.9 Å². The van der Waals surface area contributed by atoms with Crippen molar-refractivity contribution in [1.29, 1.82) is 0 Å². The number of amides is 2. The molecule has 1 fully saturated rings. The van der Waals surface area contributed by atoms with Crippen molar-refractivity contribution in [2.24, 2.45) is 0 Å². The van der Waals surface area contributed by atoms with Crippen LogP contribution < -0.4 is 4.90 Å². The van der Waals surface area contributed by atoms with E-state index in [1.807, 2.05) is 43.3 Å². The average molecular weight is 353 g/mol. The summed E-state index contributed by atoms with van der Waals surface area (Å²) < 4.78 is 0. The first kappa shape index (κ1) is 17.8. The molecule has 26 heavy (non-hydrogen) atoms. The van der Waals surface area contributed by atoms with Crippen LogP contribution in [0.25, 0.3) is 11.3 Å². The van der Waals surface area contributed by atoms with E-state index in [0.29, 0.717) is 31.7 Å². The van der Waals surface area contributed by atoms with Gasteiger partial charge in [-0.3, -0.25) is 14.6 Å². The highest BCUT2D eigenvalue weighted by Crippen LogP contribution is 2.21. The van der Waals surface area contributed by atoms with Gasteiger partial charge in [-0.15, -0.1) is 0 Å². The van der Waals surface area contributed by atoms with E-state index >= 15 is 0 Å². The van der Waals surface area contributed by atoms with Crippen LogP contribution >= 0.6 is 0 Å². The maximum Gasteiger partial charge on any atom is 0.253 e. The molecule has 1 aliphatic rings. The van der Waals surface area contributed by atoms with E-state index in [-0.39, 0.29) is 11.8 Å². The van der Waals surface area contributed by atoms with Gasteiger partial charge in [0.25, 0.3) is 5.91 Å². The Balaban J connectivity index is 1.78. The molecule has 1 aromatic carbocycles. The molecule has 0 aliphatic carbocycles. The van der Waals surface area contributed by atoms with Crippen LogP contribution in [0.4, 0.5) is 5.82 Å². The van der Waals surface area contributed by atoms with Gasteiger partial charge in [0.15, 0.2) is 0 Å². The highest BCUT2D eigenvalue weighted by Gasteiger charge is 2.23. The Morgan fingerprint density at radius 1 is 1.04 bits per heavy atom. The zero-order valence-corrected chi connectivity index (χ0v) is 15.3. The minimum atomic E-state index is -0.0215. The molecule has 0 spiro atoms. The van der Waals surface area contributed by atoms with Gasteiger partial charge >= 0.3 is 0 Å². The maximum atomic E-state index is 12.8. The third-order valence-electron chi connectivity index (χ3n) is 4.50. The van der Waals surface area contributed by atoms with Crippen LogP contribution in [0.1, 0.15) is 17.3 Å². The first-order valence-electron chi connectivity index (χ1n) is 8.60. The molecule has 2 amide bonds. The second kappa shape index (κ2) is 7.51. The van der Waals surface area contributed by atoms with Crippen molar-refractivity contribution in [2.75, 3.05) is 45.2 Å². The van der Waals surface area contributed by atoms with E-state index < -0.39 is 0 Å². The third kappa shape index (κ3) is 3.82. The fraction of sp³-hybridized carbons (Fsp3) is 0.368. The number of benzene rings is 1. The SMILES string of the molecule is CC(=O)N1CCN(C(=O)c2cccc(-c3cncc(N(C)C)n3)c2)CC1. The zero-order chi connectivity index (χ0) is 18.7. The number of carbonyl (C=O) groups is 2. The van der Waals surface area contributed by atoms with Crippen molar-refractivity contribution >= 4 is 17.6 Å². The monoisotopic (exact) mass is 353 g/mol. The van der Waals surface area contributed by atoms with Gasteiger partial charge in [0.2, 0.25) is 5.91 Å². The van der Waals surface area contributed by atoms with Crippen LogP contribution in [-0.2, 0) is 4.79 Å². The van der Waals surface area contributed by atoms with Crippen molar-refractivity contribution in [3.63, 3.8) is 0 Å². The van der Waals surface area contributed by atoms with Crippen molar-refractivity contribution in [1.82, 2.24) is 19.8 Å². The molecule has 2 aromatic rings. The van der Waals surface area contributed by atoms with E-state index in [2.05, 4.69) is 9.97 Å². The van der Waals surface area contributed by atoms with Gasteiger partial charge < -0.3 is 14.7 Å². The molecule has 7 heteroatoms. The highest BCUT2D eigenvalue weighted by molar-refractivity contribution is 5.95. The molecular formula is C19H23N5O2. The minimum absolute atomic E-state index is 0.0215. The lowest BCUT2D eigenvalue weighted by molar-refractivity contribution is -0.130. The summed E-state index contributed by atoms with van der Waals surface area (Å²) in [7, 11) is 3.82. The van der Waals surface area contributed by atoms with Crippen molar-refractivity contribution in [2.45, 2.75) is 6.92 Å². The van der Waals surface area contributed by atoms with Gasteiger partial charge in [-0.1, -0.05) is 12.1 Å². The summed E-state index contributed by atoms with van der Waals surface area (Å²) in [6, 6.07) is 7.45. The summed E-state index contributed by atoms with van der Waals surface area (Å²) in [5.41, 5.74) is 2.21. The molecule has 1 saturated heterocycles. The second-order valence-corrected chi connectivity index (χ2v) is 6.54. The average Bonchev–Trinajstić information content (AvgIpc) is 2.67. The van der Waals surface area contributed by atoms with Gasteiger partial charge in [0.05, 0.1) is 18.1 Å². The van der Waals surface area contributed by atoms with Gasteiger partial charge in [0, 0.05) is 58.3 Å². The fourth-order valence-corrected chi connectivity index (χ4v) is 2.93. The van der Waals surface area contributed by atoms with Gasteiger partial charge in [0.1, 0.15) is 5.82 Å². The molecule has 2 heterocycles. The van der Waals surface area contributed by atoms with Crippen molar-refractivity contribution in [3.8, 4) is 11.3 Å². The lowest BCUT2D eigenvalue weighted by Gasteiger charge is -2.34. The molecule has 0 atom stereocenters. The van der Waals surface area contributed by atoms with E-state index in [0.717, 1.165) is 17.1 Å². The summed E-state index contributed by atoms with van der Waals surface area (Å²) in [5, 5.41) is 0. The Labute approximate surface area is 153 Å². The lowest BCUT2D eigenvalue weighted by atomic mass is 10.1. The molecule has 7 nitrogen and oxygen atoms in total. The number of nitrogens with zero attached hydrogens (tertiary/aromatic N) is 5. The van der Waals surface area contributed by atoms with Crippen LogP contribution in [0.15, 0.2) is 36.7 Å². The van der Waals surface area contributed by atoms with E-state index in [1.165, 1.54) is 0 Å². The summed E-state index contributed by atoms with van der Waals surface area (Å²) in [6.45, 7) is 3.83. The fourth-order valence-electron chi connectivity index (χ4n) is 2.93. The van der Waals surface area contributed by atoms with E-state index in [4.69, 9.17) is 0 Å². The molecule has 136 valence electrons. The molecule has 1 aliphatic heterocycles. The van der Waals surface area contributed by atoms with E-state index in [1.54, 1.807) is 29.1 Å². The van der Waals surface area contributed by atoms with Gasteiger partial charge in [-0.2, -0.15) is 0 Å². The summed E-state index contributed by atoms with van der Waals surface area (Å²) in [6.07, 6.45) is 3.40. The first-order valence-corrected chi connectivity index (χ1v) is 8.60. The Kier molecular flexibility index (Phi) is 5.16. The number of piperazine rings is 1. The minimum Gasteiger partial charge on any atom is -0.361 e. The van der Waals surface area contributed by atoms with E-state index in [9.17, 15) is 9.59 Å². The zero-order valence-electron chi connectivity index (χ0n) is 15.3. The standard InChI is InChI=1S/C19H23N5O2/c1-14(25)23-7-9-24(10-8-23)19(26)16-6-4-5-15(11-16)17-12-20-13-18(21-17)22(2)3/h4-6,11-13H,7-10H2,1-3H3. The number of hydrogen-bond donors (Lipinski definition) is 0.